The number of carbonyl (C=O) groups excluding carboxylic acids is 1. The predicted molar refractivity (Wildman–Crippen MR) is 95.7 cm³/mol. The highest BCUT2D eigenvalue weighted by Gasteiger charge is 2.37. The highest BCUT2D eigenvalue weighted by molar-refractivity contribution is 5.94. The molecule has 1 aliphatic heterocycles. The molecule has 1 aliphatic rings. The van der Waals surface area contributed by atoms with Crippen molar-refractivity contribution in [3.63, 3.8) is 0 Å². The van der Waals surface area contributed by atoms with Gasteiger partial charge in [-0.3, -0.25) is 4.79 Å². The summed E-state index contributed by atoms with van der Waals surface area (Å²) in [5.74, 6) is 0.235. The molecule has 0 fully saturated rings. The van der Waals surface area contributed by atoms with E-state index in [0.29, 0.717) is 35.0 Å². The van der Waals surface area contributed by atoms with Crippen LogP contribution in [0.5, 0.6) is 11.5 Å². The number of amides is 1. The first kappa shape index (κ1) is 21.5. The molecule has 0 spiro atoms. The average Bonchev–Trinajstić information content (AvgIpc) is 3.39. The smallest absolute Gasteiger partial charge is 0.416 e. The van der Waals surface area contributed by atoms with Gasteiger partial charge < -0.3 is 19.3 Å². The molecule has 168 valence electrons. The lowest BCUT2D eigenvalue weighted by Crippen LogP contribution is -2.24. The molecule has 6 nitrogen and oxygen atoms in total. The normalized spacial score (nSPS) is 13.3. The van der Waals surface area contributed by atoms with Gasteiger partial charge in [-0.05, 0) is 36.4 Å². The number of halogens is 6. The quantitative estimate of drug-likeness (QED) is 0.555. The van der Waals surface area contributed by atoms with E-state index in [-0.39, 0.29) is 25.1 Å². The molecule has 0 aliphatic carbocycles. The molecule has 1 amide bonds. The number of hydrogen-bond donors (Lipinski definition) is 1. The first-order chi connectivity index (χ1) is 15.0. The molecule has 1 N–H and O–H groups in total. The van der Waals surface area contributed by atoms with E-state index in [9.17, 15) is 31.1 Å². The van der Waals surface area contributed by atoms with E-state index in [4.69, 9.17) is 14.0 Å². The summed E-state index contributed by atoms with van der Waals surface area (Å²) in [6.07, 6.45) is -10.1. The number of hydrogen-bond acceptors (Lipinski definition) is 5. The van der Waals surface area contributed by atoms with Gasteiger partial charge in [0.15, 0.2) is 17.3 Å². The van der Waals surface area contributed by atoms with Crippen molar-refractivity contribution < 1.29 is 45.1 Å². The summed E-state index contributed by atoms with van der Waals surface area (Å²) in [6, 6.07) is 7.10. The van der Waals surface area contributed by atoms with Gasteiger partial charge in [0.05, 0.1) is 17.7 Å². The SMILES string of the molecule is O=C(NCc1cc(-c2ccc3c(c2)OCO3)on1)c1cc(C(F)(F)F)cc(C(F)(F)F)c1. The molecule has 0 radical (unpaired) electrons. The van der Waals surface area contributed by atoms with E-state index in [2.05, 4.69) is 10.5 Å². The Balaban J connectivity index is 1.50. The Kier molecular flexibility index (Phi) is 5.23. The number of benzene rings is 2. The minimum absolute atomic E-state index is 0.0495. The molecular formula is C20H12F6N2O4. The van der Waals surface area contributed by atoms with Gasteiger partial charge in [0.1, 0.15) is 5.69 Å². The Morgan fingerprint density at radius 2 is 1.56 bits per heavy atom. The topological polar surface area (TPSA) is 73.6 Å². The molecule has 0 saturated heterocycles. The Bertz CT molecular complexity index is 1140. The molecule has 0 saturated carbocycles. The van der Waals surface area contributed by atoms with Gasteiger partial charge in [0.2, 0.25) is 6.79 Å². The number of ether oxygens (including phenoxy) is 2. The van der Waals surface area contributed by atoms with Crippen molar-refractivity contribution in [2.24, 2.45) is 0 Å². The van der Waals surface area contributed by atoms with Gasteiger partial charge >= 0.3 is 12.4 Å². The lowest BCUT2D eigenvalue weighted by Gasteiger charge is -2.14. The Morgan fingerprint density at radius 3 is 2.22 bits per heavy atom. The van der Waals surface area contributed by atoms with Crippen molar-refractivity contribution >= 4 is 5.91 Å². The second kappa shape index (κ2) is 7.77. The largest absolute Gasteiger partial charge is 0.454 e. The summed E-state index contributed by atoms with van der Waals surface area (Å²) in [5.41, 5.74) is -3.15. The van der Waals surface area contributed by atoms with E-state index in [1.54, 1.807) is 18.2 Å². The first-order valence-corrected chi connectivity index (χ1v) is 8.94. The third-order valence-corrected chi connectivity index (χ3v) is 4.50. The fraction of sp³-hybridized carbons (Fsp3) is 0.200. The van der Waals surface area contributed by atoms with Crippen LogP contribution in [0.15, 0.2) is 47.0 Å². The van der Waals surface area contributed by atoms with Crippen LogP contribution < -0.4 is 14.8 Å². The molecule has 0 unspecified atom stereocenters. The number of carbonyl (C=O) groups is 1. The van der Waals surface area contributed by atoms with E-state index in [1.807, 2.05) is 0 Å². The van der Waals surface area contributed by atoms with Crippen molar-refractivity contribution in [2.45, 2.75) is 18.9 Å². The highest BCUT2D eigenvalue weighted by atomic mass is 19.4. The number of aromatic nitrogens is 1. The molecule has 12 heteroatoms. The summed E-state index contributed by atoms with van der Waals surface area (Å²) in [6.45, 7) is -0.206. The maximum absolute atomic E-state index is 13.0. The standard InChI is InChI=1S/C20H12F6N2O4/c21-19(22,23)12-3-11(4-13(6-12)20(24,25)26)18(29)27-8-14-7-16(32-28-14)10-1-2-15-17(5-10)31-9-30-15/h1-7H,8-9H2,(H,27,29). The number of alkyl halides is 6. The number of nitrogens with zero attached hydrogens (tertiary/aromatic N) is 1. The molecule has 0 atom stereocenters. The molecule has 3 aromatic rings. The van der Waals surface area contributed by atoms with Crippen molar-refractivity contribution in [3.05, 3.63) is 64.8 Å². The third-order valence-electron chi connectivity index (χ3n) is 4.50. The zero-order valence-electron chi connectivity index (χ0n) is 15.8. The molecule has 2 aromatic carbocycles. The maximum atomic E-state index is 13.0. The number of rotatable bonds is 4. The third kappa shape index (κ3) is 4.48. The van der Waals surface area contributed by atoms with E-state index >= 15 is 0 Å². The molecule has 4 rings (SSSR count). The molecule has 2 heterocycles. The van der Waals surface area contributed by atoms with Gasteiger partial charge in [-0.15, -0.1) is 0 Å². The Labute approximate surface area is 175 Å². The predicted octanol–water partition coefficient (Wildman–Crippen LogP) is 5.04. The summed E-state index contributed by atoms with van der Waals surface area (Å²) < 4.78 is 93.4. The maximum Gasteiger partial charge on any atom is 0.416 e. The highest BCUT2D eigenvalue weighted by Crippen LogP contribution is 2.37. The summed E-state index contributed by atoms with van der Waals surface area (Å²) >= 11 is 0. The molecule has 32 heavy (non-hydrogen) atoms. The molecule has 1 aromatic heterocycles. The number of nitrogens with one attached hydrogen (secondary N) is 1. The second-order valence-corrected chi connectivity index (χ2v) is 6.73. The fourth-order valence-corrected chi connectivity index (χ4v) is 2.94. The van der Waals surface area contributed by atoms with Gasteiger partial charge in [-0.2, -0.15) is 26.3 Å². The van der Waals surface area contributed by atoms with Crippen LogP contribution in [0.4, 0.5) is 26.3 Å². The zero-order valence-corrected chi connectivity index (χ0v) is 15.8. The minimum Gasteiger partial charge on any atom is -0.454 e. The second-order valence-electron chi connectivity index (χ2n) is 6.73. The Hall–Kier alpha value is -3.70. The van der Waals surface area contributed by atoms with Crippen molar-refractivity contribution in [1.82, 2.24) is 10.5 Å². The van der Waals surface area contributed by atoms with Crippen LogP contribution in [0.2, 0.25) is 0 Å². The average molecular weight is 458 g/mol. The van der Waals surface area contributed by atoms with E-state index < -0.39 is 35.0 Å². The Morgan fingerprint density at radius 1 is 0.906 bits per heavy atom. The number of fused-ring (bicyclic) bond motifs is 1. The first-order valence-electron chi connectivity index (χ1n) is 8.94. The zero-order chi connectivity index (χ0) is 23.1. The van der Waals surface area contributed by atoms with Crippen LogP contribution in [-0.2, 0) is 18.9 Å². The molecule has 0 bridgehead atoms. The van der Waals surface area contributed by atoms with Gasteiger partial charge in [-0.1, -0.05) is 5.16 Å². The van der Waals surface area contributed by atoms with Crippen LogP contribution in [0.1, 0.15) is 27.2 Å². The van der Waals surface area contributed by atoms with Gasteiger partial charge in [0.25, 0.3) is 5.91 Å². The minimum atomic E-state index is -5.05. The van der Waals surface area contributed by atoms with Crippen molar-refractivity contribution in [2.75, 3.05) is 6.79 Å². The lowest BCUT2D eigenvalue weighted by atomic mass is 10.0. The van der Waals surface area contributed by atoms with Crippen molar-refractivity contribution in [3.8, 4) is 22.8 Å². The van der Waals surface area contributed by atoms with Crippen LogP contribution in [0.3, 0.4) is 0 Å². The summed E-state index contributed by atoms with van der Waals surface area (Å²) in [7, 11) is 0. The lowest BCUT2D eigenvalue weighted by molar-refractivity contribution is -0.143. The fourth-order valence-electron chi connectivity index (χ4n) is 2.94. The van der Waals surface area contributed by atoms with Crippen LogP contribution in [-0.4, -0.2) is 17.9 Å². The summed E-state index contributed by atoms with van der Waals surface area (Å²) in [4.78, 5) is 12.2. The van der Waals surface area contributed by atoms with Crippen LogP contribution in [0, 0.1) is 0 Å². The summed E-state index contributed by atoms with van der Waals surface area (Å²) in [5, 5.41) is 5.98. The van der Waals surface area contributed by atoms with Crippen LogP contribution in [0.25, 0.3) is 11.3 Å². The van der Waals surface area contributed by atoms with Gasteiger partial charge in [-0.25, -0.2) is 0 Å². The van der Waals surface area contributed by atoms with Crippen LogP contribution >= 0.6 is 0 Å². The monoisotopic (exact) mass is 458 g/mol. The van der Waals surface area contributed by atoms with Crippen molar-refractivity contribution in [1.29, 1.82) is 0 Å². The molecular weight excluding hydrogens is 446 g/mol. The van der Waals surface area contributed by atoms with E-state index in [0.717, 1.165) is 0 Å². The van der Waals surface area contributed by atoms with Gasteiger partial charge in [0, 0.05) is 17.2 Å². The van der Waals surface area contributed by atoms with E-state index in [1.165, 1.54) is 6.07 Å².